The Bertz CT molecular complexity index is 697. The van der Waals surface area contributed by atoms with Crippen LogP contribution in [0.3, 0.4) is 0 Å². The van der Waals surface area contributed by atoms with E-state index in [4.69, 9.17) is 0 Å². The fourth-order valence-corrected chi connectivity index (χ4v) is 3.65. The Morgan fingerprint density at radius 1 is 0.905 bits per heavy atom. The molecule has 0 aliphatic heterocycles. The van der Waals surface area contributed by atoms with Crippen LogP contribution in [-0.4, -0.2) is 22.4 Å². The lowest BCUT2D eigenvalue weighted by Crippen LogP contribution is -2.25. The summed E-state index contributed by atoms with van der Waals surface area (Å²) < 4.78 is 1.17. The van der Waals surface area contributed by atoms with Crippen molar-refractivity contribution in [2.24, 2.45) is 0 Å². The number of alkyl halides is 1. The molecule has 0 radical (unpaired) electrons. The van der Waals surface area contributed by atoms with Gasteiger partial charge in [-0.05, 0) is 39.7 Å². The van der Waals surface area contributed by atoms with Crippen LogP contribution in [0, 0.1) is 0 Å². The molecule has 108 valence electrons. The second-order valence-electron chi connectivity index (χ2n) is 5.36. The van der Waals surface area contributed by atoms with Gasteiger partial charge in [-0.1, -0.05) is 78.0 Å². The summed E-state index contributed by atoms with van der Waals surface area (Å²) in [6.45, 7) is 5.52. The van der Waals surface area contributed by atoms with E-state index in [1.807, 2.05) is 0 Å². The van der Waals surface area contributed by atoms with Gasteiger partial charge in [0.2, 0.25) is 0 Å². The molecule has 2 heteroatoms. The first-order valence-corrected chi connectivity index (χ1v) is 9.03. The molecule has 0 amide bonds. The van der Waals surface area contributed by atoms with Crippen LogP contribution in [0.25, 0.3) is 21.5 Å². The van der Waals surface area contributed by atoms with Crippen LogP contribution in [-0.2, 0) is 6.54 Å². The fraction of sp³-hybridized carbons (Fsp3) is 0.263. The lowest BCUT2D eigenvalue weighted by molar-refractivity contribution is 0.302. The Morgan fingerprint density at radius 2 is 1.48 bits per heavy atom. The molecule has 0 aliphatic carbocycles. The summed E-state index contributed by atoms with van der Waals surface area (Å²) in [5.41, 5.74) is 1.47. The minimum Gasteiger partial charge on any atom is -0.299 e. The van der Waals surface area contributed by atoms with E-state index in [0.29, 0.717) is 0 Å². The van der Waals surface area contributed by atoms with E-state index in [0.717, 1.165) is 19.6 Å². The normalized spacial score (nSPS) is 11.6. The van der Waals surface area contributed by atoms with E-state index < -0.39 is 0 Å². The number of fused-ring (bicyclic) bond motifs is 2. The number of rotatable bonds is 5. The van der Waals surface area contributed by atoms with Crippen molar-refractivity contribution in [1.29, 1.82) is 0 Å². The SMILES string of the molecule is CCN(CCI)Cc1c2ccccc2cc2ccccc12. The zero-order valence-corrected chi connectivity index (χ0v) is 14.5. The second kappa shape index (κ2) is 6.75. The first kappa shape index (κ1) is 14.8. The maximum Gasteiger partial charge on any atom is 0.0246 e. The molecule has 0 aromatic heterocycles. The van der Waals surface area contributed by atoms with E-state index >= 15 is 0 Å². The van der Waals surface area contributed by atoms with Crippen LogP contribution in [0.5, 0.6) is 0 Å². The van der Waals surface area contributed by atoms with Gasteiger partial charge in [-0.2, -0.15) is 0 Å². The van der Waals surface area contributed by atoms with Gasteiger partial charge in [-0.25, -0.2) is 0 Å². The van der Waals surface area contributed by atoms with E-state index in [1.54, 1.807) is 0 Å². The molecule has 3 aromatic carbocycles. The first-order valence-electron chi connectivity index (χ1n) is 7.51. The van der Waals surface area contributed by atoms with Crippen molar-refractivity contribution < 1.29 is 0 Å². The maximum absolute atomic E-state index is 2.53. The van der Waals surface area contributed by atoms with Gasteiger partial charge in [-0.15, -0.1) is 0 Å². The standard InChI is InChI=1S/C19H20IN/c1-2-21(12-11-20)14-19-17-9-5-3-7-15(17)13-16-8-4-6-10-18(16)19/h3-10,13H,2,11-12,14H2,1H3. The van der Waals surface area contributed by atoms with Gasteiger partial charge < -0.3 is 0 Å². The molecule has 0 aliphatic rings. The highest BCUT2D eigenvalue weighted by Crippen LogP contribution is 2.29. The molecule has 0 bridgehead atoms. The Labute approximate surface area is 140 Å². The van der Waals surface area contributed by atoms with E-state index in [1.165, 1.54) is 31.5 Å². The highest BCUT2D eigenvalue weighted by Gasteiger charge is 2.10. The van der Waals surface area contributed by atoms with Crippen LogP contribution >= 0.6 is 22.6 Å². The van der Waals surface area contributed by atoms with Gasteiger partial charge >= 0.3 is 0 Å². The zero-order chi connectivity index (χ0) is 14.7. The lowest BCUT2D eigenvalue weighted by atomic mass is 9.96. The third-order valence-electron chi connectivity index (χ3n) is 4.11. The third-order valence-corrected chi connectivity index (χ3v) is 4.59. The Kier molecular flexibility index (Phi) is 4.76. The Hall–Kier alpha value is -1.13. The molecular weight excluding hydrogens is 369 g/mol. The zero-order valence-electron chi connectivity index (χ0n) is 12.3. The number of hydrogen-bond acceptors (Lipinski definition) is 1. The van der Waals surface area contributed by atoms with Crippen LogP contribution in [0.4, 0.5) is 0 Å². The molecule has 0 unspecified atom stereocenters. The minimum atomic E-state index is 1.03. The highest BCUT2D eigenvalue weighted by atomic mass is 127. The van der Waals surface area contributed by atoms with Crippen molar-refractivity contribution in [2.75, 3.05) is 17.5 Å². The summed E-state index contributed by atoms with van der Waals surface area (Å²) >= 11 is 2.46. The van der Waals surface area contributed by atoms with E-state index in [2.05, 4.69) is 89.0 Å². The smallest absolute Gasteiger partial charge is 0.0246 e. The van der Waals surface area contributed by atoms with Crippen LogP contribution in [0.15, 0.2) is 54.6 Å². The monoisotopic (exact) mass is 389 g/mol. The molecule has 0 fully saturated rings. The van der Waals surface area contributed by atoms with Gasteiger partial charge in [0, 0.05) is 17.5 Å². The third kappa shape index (κ3) is 3.06. The molecule has 3 aromatic rings. The van der Waals surface area contributed by atoms with Crippen molar-refractivity contribution in [3.8, 4) is 0 Å². The first-order chi connectivity index (χ1) is 10.3. The summed E-state index contributed by atoms with van der Waals surface area (Å²) in [6, 6.07) is 19.8. The predicted molar refractivity (Wildman–Crippen MR) is 101 cm³/mol. The summed E-state index contributed by atoms with van der Waals surface area (Å²) in [4.78, 5) is 2.53. The molecule has 0 saturated heterocycles. The lowest BCUT2D eigenvalue weighted by Gasteiger charge is -2.21. The summed E-state index contributed by atoms with van der Waals surface area (Å²) in [5.74, 6) is 0. The molecule has 0 atom stereocenters. The van der Waals surface area contributed by atoms with Gasteiger partial charge in [-0.3, -0.25) is 4.90 Å². The Morgan fingerprint density at radius 3 is 2.00 bits per heavy atom. The van der Waals surface area contributed by atoms with Crippen molar-refractivity contribution in [2.45, 2.75) is 13.5 Å². The van der Waals surface area contributed by atoms with E-state index in [-0.39, 0.29) is 0 Å². The van der Waals surface area contributed by atoms with Crippen molar-refractivity contribution in [3.05, 3.63) is 60.2 Å². The van der Waals surface area contributed by atoms with E-state index in [9.17, 15) is 0 Å². The van der Waals surface area contributed by atoms with Gasteiger partial charge in [0.05, 0.1) is 0 Å². The fourth-order valence-electron chi connectivity index (χ4n) is 2.97. The van der Waals surface area contributed by atoms with Crippen LogP contribution in [0.1, 0.15) is 12.5 Å². The molecular formula is C19H20IN. The van der Waals surface area contributed by atoms with Gasteiger partial charge in [0.15, 0.2) is 0 Å². The van der Waals surface area contributed by atoms with Crippen molar-refractivity contribution in [3.63, 3.8) is 0 Å². The molecule has 0 spiro atoms. The number of hydrogen-bond donors (Lipinski definition) is 0. The molecule has 0 heterocycles. The average molecular weight is 389 g/mol. The summed E-state index contributed by atoms with van der Waals surface area (Å²) in [7, 11) is 0. The minimum absolute atomic E-state index is 1.03. The number of halogens is 1. The van der Waals surface area contributed by atoms with Crippen LogP contribution < -0.4 is 0 Å². The summed E-state index contributed by atoms with van der Waals surface area (Å²) in [6.07, 6.45) is 0. The number of nitrogens with zero attached hydrogens (tertiary/aromatic N) is 1. The maximum atomic E-state index is 2.53. The molecule has 0 saturated carbocycles. The van der Waals surface area contributed by atoms with Gasteiger partial charge in [0.1, 0.15) is 0 Å². The molecule has 21 heavy (non-hydrogen) atoms. The topological polar surface area (TPSA) is 3.24 Å². The van der Waals surface area contributed by atoms with Crippen molar-refractivity contribution in [1.82, 2.24) is 4.90 Å². The molecule has 3 rings (SSSR count). The molecule has 1 nitrogen and oxygen atoms in total. The summed E-state index contributed by atoms with van der Waals surface area (Å²) in [5, 5.41) is 5.47. The van der Waals surface area contributed by atoms with Gasteiger partial charge in [0.25, 0.3) is 0 Å². The average Bonchev–Trinajstić information content (AvgIpc) is 2.53. The Balaban J connectivity index is 2.19. The number of benzene rings is 3. The molecule has 0 N–H and O–H groups in total. The quantitative estimate of drug-likeness (QED) is 0.327. The van der Waals surface area contributed by atoms with Crippen molar-refractivity contribution >= 4 is 44.1 Å². The van der Waals surface area contributed by atoms with Crippen LogP contribution in [0.2, 0.25) is 0 Å². The predicted octanol–water partition coefficient (Wildman–Crippen LogP) is 5.25. The largest absolute Gasteiger partial charge is 0.299 e. The second-order valence-corrected chi connectivity index (χ2v) is 6.43. The highest BCUT2D eigenvalue weighted by molar-refractivity contribution is 14.1.